The summed E-state index contributed by atoms with van der Waals surface area (Å²) < 4.78 is 0. The van der Waals surface area contributed by atoms with Gasteiger partial charge in [-0.3, -0.25) is 0 Å². The van der Waals surface area contributed by atoms with E-state index < -0.39 is 0 Å². The quantitative estimate of drug-likeness (QED) is 0.534. The highest BCUT2D eigenvalue weighted by Crippen LogP contribution is 2.25. The standard InChI is InChI=1S/C10H18N4OS/c1-4-12-8-5-9(14-10(11)13-8)16-7(3)6(2)15/h5-7,15H,4H2,1-3H3,(H3,11,12,13,14). The van der Waals surface area contributed by atoms with Gasteiger partial charge < -0.3 is 16.2 Å². The van der Waals surface area contributed by atoms with E-state index in [1.54, 1.807) is 6.92 Å². The van der Waals surface area contributed by atoms with Gasteiger partial charge in [0.25, 0.3) is 0 Å². The predicted molar refractivity (Wildman–Crippen MR) is 67.6 cm³/mol. The third-order valence-corrected chi connectivity index (χ3v) is 3.28. The summed E-state index contributed by atoms with van der Waals surface area (Å²) in [5, 5.41) is 13.3. The molecule has 0 aliphatic carbocycles. The molecular weight excluding hydrogens is 224 g/mol. The van der Waals surface area contributed by atoms with E-state index in [9.17, 15) is 5.11 Å². The summed E-state index contributed by atoms with van der Waals surface area (Å²) >= 11 is 1.48. The first-order valence-electron chi connectivity index (χ1n) is 5.26. The highest BCUT2D eigenvalue weighted by molar-refractivity contribution is 7.99. The Labute approximate surface area is 99.9 Å². The molecule has 4 N–H and O–H groups in total. The summed E-state index contributed by atoms with van der Waals surface area (Å²) in [6, 6.07) is 1.84. The van der Waals surface area contributed by atoms with Gasteiger partial charge in [0.15, 0.2) is 0 Å². The van der Waals surface area contributed by atoms with Crippen LogP contribution in [0.3, 0.4) is 0 Å². The van der Waals surface area contributed by atoms with Crippen molar-refractivity contribution in [1.29, 1.82) is 0 Å². The third-order valence-electron chi connectivity index (χ3n) is 2.06. The van der Waals surface area contributed by atoms with Crippen LogP contribution in [0.15, 0.2) is 11.1 Å². The summed E-state index contributed by atoms with van der Waals surface area (Å²) in [6.45, 7) is 6.48. The van der Waals surface area contributed by atoms with E-state index in [4.69, 9.17) is 5.73 Å². The Bertz CT molecular complexity index is 346. The first-order chi connectivity index (χ1) is 7.52. The zero-order chi connectivity index (χ0) is 12.1. The zero-order valence-corrected chi connectivity index (χ0v) is 10.6. The Morgan fingerprint density at radius 3 is 2.75 bits per heavy atom. The first-order valence-corrected chi connectivity index (χ1v) is 6.14. The maximum atomic E-state index is 9.41. The Kier molecular flexibility index (Phi) is 4.82. The van der Waals surface area contributed by atoms with Crippen molar-refractivity contribution >= 4 is 23.5 Å². The lowest BCUT2D eigenvalue weighted by Gasteiger charge is -2.14. The molecule has 0 saturated carbocycles. The molecule has 2 unspecified atom stereocenters. The van der Waals surface area contributed by atoms with Crippen LogP contribution in [0.5, 0.6) is 0 Å². The lowest BCUT2D eigenvalue weighted by atomic mass is 10.3. The van der Waals surface area contributed by atoms with E-state index in [0.29, 0.717) is 0 Å². The lowest BCUT2D eigenvalue weighted by molar-refractivity contribution is 0.196. The van der Waals surface area contributed by atoms with Gasteiger partial charge in [-0.05, 0) is 13.8 Å². The summed E-state index contributed by atoms with van der Waals surface area (Å²) in [5.41, 5.74) is 5.60. The van der Waals surface area contributed by atoms with Crippen molar-refractivity contribution in [2.24, 2.45) is 0 Å². The van der Waals surface area contributed by atoms with Crippen LogP contribution in [0.1, 0.15) is 20.8 Å². The van der Waals surface area contributed by atoms with Crippen LogP contribution < -0.4 is 11.1 Å². The maximum Gasteiger partial charge on any atom is 0.223 e. The number of nitrogen functional groups attached to an aromatic ring is 1. The average Bonchev–Trinajstić information content (AvgIpc) is 2.16. The second kappa shape index (κ2) is 5.91. The molecule has 0 bridgehead atoms. The molecule has 5 nitrogen and oxygen atoms in total. The number of anilines is 2. The van der Waals surface area contributed by atoms with Crippen LogP contribution in [0, 0.1) is 0 Å². The fourth-order valence-corrected chi connectivity index (χ4v) is 1.97. The minimum atomic E-state index is -0.385. The number of aliphatic hydroxyl groups is 1. The van der Waals surface area contributed by atoms with Crippen LogP contribution in [-0.2, 0) is 0 Å². The number of rotatable bonds is 5. The molecule has 1 aromatic rings. The fourth-order valence-electron chi connectivity index (χ4n) is 1.06. The molecule has 0 aromatic carbocycles. The molecule has 0 spiro atoms. The molecule has 2 atom stereocenters. The van der Waals surface area contributed by atoms with E-state index in [-0.39, 0.29) is 17.3 Å². The maximum absolute atomic E-state index is 9.41. The number of nitrogens with zero attached hydrogens (tertiary/aromatic N) is 2. The molecule has 1 rings (SSSR count). The third kappa shape index (κ3) is 3.86. The van der Waals surface area contributed by atoms with Crippen LogP contribution in [0.25, 0.3) is 0 Å². The lowest BCUT2D eigenvalue weighted by Crippen LogP contribution is -2.15. The highest BCUT2D eigenvalue weighted by atomic mass is 32.2. The Morgan fingerprint density at radius 2 is 2.19 bits per heavy atom. The summed E-state index contributed by atoms with van der Waals surface area (Å²) in [7, 11) is 0. The van der Waals surface area contributed by atoms with Crippen molar-refractivity contribution < 1.29 is 5.11 Å². The van der Waals surface area contributed by atoms with Gasteiger partial charge in [-0.1, -0.05) is 6.92 Å². The van der Waals surface area contributed by atoms with E-state index in [0.717, 1.165) is 17.4 Å². The van der Waals surface area contributed by atoms with Crippen LogP contribution in [0.4, 0.5) is 11.8 Å². The van der Waals surface area contributed by atoms with Crippen LogP contribution >= 0.6 is 11.8 Å². The molecule has 0 radical (unpaired) electrons. The minimum Gasteiger partial charge on any atom is -0.392 e. The summed E-state index contributed by atoms with van der Waals surface area (Å²) in [5.74, 6) is 0.967. The Morgan fingerprint density at radius 1 is 1.50 bits per heavy atom. The van der Waals surface area contributed by atoms with Gasteiger partial charge in [0.05, 0.1) is 6.10 Å². The van der Waals surface area contributed by atoms with Gasteiger partial charge in [-0.15, -0.1) is 11.8 Å². The summed E-state index contributed by atoms with van der Waals surface area (Å²) in [4.78, 5) is 8.17. The molecule has 0 saturated heterocycles. The molecule has 1 heterocycles. The van der Waals surface area contributed by atoms with Crippen molar-refractivity contribution in [3.63, 3.8) is 0 Å². The number of aliphatic hydroxyl groups excluding tert-OH is 1. The molecule has 1 aromatic heterocycles. The van der Waals surface area contributed by atoms with E-state index in [1.165, 1.54) is 11.8 Å². The normalized spacial score (nSPS) is 14.5. The number of hydrogen-bond acceptors (Lipinski definition) is 6. The molecule has 0 aliphatic heterocycles. The number of hydrogen-bond donors (Lipinski definition) is 3. The number of nitrogens with one attached hydrogen (secondary N) is 1. The van der Waals surface area contributed by atoms with Crippen molar-refractivity contribution in [1.82, 2.24) is 9.97 Å². The van der Waals surface area contributed by atoms with Crippen molar-refractivity contribution in [3.05, 3.63) is 6.07 Å². The fraction of sp³-hybridized carbons (Fsp3) is 0.600. The second-order valence-electron chi connectivity index (χ2n) is 3.54. The molecule has 0 aliphatic rings. The van der Waals surface area contributed by atoms with Gasteiger partial charge in [-0.25, -0.2) is 4.98 Å². The Balaban J connectivity index is 2.79. The van der Waals surface area contributed by atoms with E-state index >= 15 is 0 Å². The number of thioether (sulfide) groups is 1. The van der Waals surface area contributed by atoms with Crippen molar-refractivity contribution in [2.75, 3.05) is 17.6 Å². The van der Waals surface area contributed by atoms with Gasteiger partial charge in [-0.2, -0.15) is 4.98 Å². The Hall–Kier alpha value is -1.01. The van der Waals surface area contributed by atoms with Crippen molar-refractivity contribution in [3.8, 4) is 0 Å². The van der Waals surface area contributed by atoms with Crippen LogP contribution in [-0.4, -0.2) is 33.0 Å². The van der Waals surface area contributed by atoms with E-state index in [2.05, 4.69) is 15.3 Å². The molecule has 16 heavy (non-hydrogen) atoms. The first kappa shape index (κ1) is 13.1. The smallest absolute Gasteiger partial charge is 0.223 e. The van der Waals surface area contributed by atoms with Crippen LogP contribution in [0.2, 0.25) is 0 Å². The largest absolute Gasteiger partial charge is 0.392 e. The van der Waals surface area contributed by atoms with Gasteiger partial charge in [0, 0.05) is 17.9 Å². The molecular formula is C10H18N4OS. The molecule has 6 heteroatoms. The molecule has 90 valence electrons. The van der Waals surface area contributed by atoms with Gasteiger partial charge >= 0.3 is 0 Å². The minimum absolute atomic E-state index is 0.0729. The SMILES string of the molecule is CCNc1cc(SC(C)C(C)O)nc(N)n1. The average molecular weight is 242 g/mol. The molecule has 0 amide bonds. The second-order valence-corrected chi connectivity index (χ2v) is 4.94. The zero-order valence-electron chi connectivity index (χ0n) is 9.77. The van der Waals surface area contributed by atoms with Crippen molar-refractivity contribution in [2.45, 2.75) is 37.2 Å². The van der Waals surface area contributed by atoms with Gasteiger partial charge in [0.2, 0.25) is 5.95 Å². The van der Waals surface area contributed by atoms with E-state index in [1.807, 2.05) is 19.9 Å². The predicted octanol–water partition coefficient (Wildman–Crippen LogP) is 1.35. The highest BCUT2D eigenvalue weighted by Gasteiger charge is 2.12. The van der Waals surface area contributed by atoms with Gasteiger partial charge in [0.1, 0.15) is 10.8 Å². The summed E-state index contributed by atoms with van der Waals surface area (Å²) in [6.07, 6.45) is -0.385. The topological polar surface area (TPSA) is 84.1 Å². The monoisotopic (exact) mass is 242 g/mol. The molecule has 0 fully saturated rings. The number of aromatic nitrogens is 2. The number of nitrogens with two attached hydrogens (primary N) is 1.